The van der Waals surface area contributed by atoms with Crippen molar-refractivity contribution in [1.29, 1.82) is 0 Å². The Morgan fingerprint density at radius 1 is 1.27 bits per heavy atom. The van der Waals surface area contributed by atoms with Crippen LogP contribution in [0.15, 0.2) is 0 Å². The molecule has 2 atom stereocenters. The van der Waals surface area contributed by atoms with Gasteiger partial charge in [-0.05, 0) is 0 Å². The average molecular weight is 353 g/mol. The Labute approximate surface area is 78.1 Å². The van der Waals surface area contributed by atoms with Gasteiger partial charge in [-0.15, -0.1) is 0 Å². The summed E-state index contributed by atoms with van der Waals surface area (Å²) in [5, 5.41) is 25.3. The van der Waals surface area contributed by atoms with E-state index in [0.29, 0.717) is 0 Å². The van der Waals surface area contributed by atoms with Crippen molar-refractivity contribution in [3.63, 3.8) is 0 Å². The molecule has 0 fully saturated rings. The zero-order valence-electron chi connectivity index (χ0n) is 5.30. The van der Waals surface area contributed by atoms with Crippen LogP contribution in [0.4, 0.5) is 0 Å². The van der Waals surface area contributed by atoms with Crippen molar-refractivity contribution in [2.45, 2.75) is 12.2 Å². The topological polar surface area (TPSA) is 104 Å². The maximum absolute atomic E-state index is 10.4. The van der Waals surface area contributed by atoms with E-state index < -0.39 is 24.1 Å². The normalized spacial score (nSPS) is 15.0. The number of carboxylic acid groups (broad SMARTS) is 1. The number of aliphatic hydroxyl groups is 2. The van der Waals surface area contributed by atoms with Gasteiger partial charge in [0.05, 0.1) is 0 Å². The molecule has 0 aliphatic carbocycles. The van der Waals surface area contributed by atoms with Gasteiger partial charge in [-0.3, -0.25) is 0 Å². The van der Waals surface area contributed by atoms with Gasteiger partial charge >= 0.3 is 78.0 Å². The van der Waals surface area contributed by atoms with E-state index in [2.05, 4.69) is 2.69 Å². The summed E-state index contributed by atoms with van der Waals surface area (Å²) < 4.78 is 4.14. The molecule has 0 radical (unpaired) electrons. The fraction of sp³-hybridized carbons (Fsp3) is 0.500. The van der Waals surface area contributed by atoms with Crippen LogP contribution in [0.3, 0.4) is 0 Å². The maximum atomic E-state index is 10.4. The fourth-order valence-electron chi connectivity index (χ4n) is 0.334. The van der Waals surface area contributed by atoms with E-state index in [0.717, 1.165) is 0 Å². The second kappa shape index (κ2) is 4.62. The molecular weight excluding hydrogens is 348 g/mol. The first-order valence-corrected chi connectivity index (χ1v) is 4.33. The molecule has 0 aliphatic rings. The molecule has 0 rings (SSSR count). The Kier molecular flexibility index (Phi) is 4.53. The number of hydrogen-bond acceptors (Lipinski definition) is 5. The Hall–Kier alpha value is -0.218. The van der Waals surface area contributed by atoms with Gasteiger partial charge in [-0.1, -0.05) is 0 Å². The van der Waals surface area contributed by atoms with Gasteiger partial charge in [-0.2, -0.15) is 0 Å². The van der Waals surface area contributed by atoms with E-state index in [9.17, 15) is 9.59 Å². The van der Waals surface area contributed by atoms with E-state index in [4.69, 9.17) is 15.3 Å². The molecule has 0 aliphatic heterocycles. The van der Waals surface area contributed by atoms with E-state index in [1.807, 2.05) is 0 Å². The summed E-state index contributed by atoms with van der Waals surface area (Å²) in [7, 11) is 0. The molecule has 6 nitrogen and oxygen atoms in total. The summed E-state index contributed by atoms with van der Waals surface area (Å²) in [5.74, 6) is -2.77. The third kappa shape index (κ3) is 3.12. The standard InChI is InChI=1S/C4H6O6.Tl/c5-1(3(7)8)2(6)4(9)10;/h1-2,5-6H,(H,7,8)(H,9,10);/q;+1/p-1. The van der Waals surface area contributed by atoms with Crippen molar-refractivity contribution in [2.75, 3.05) is 0 Å². The average Bonchev–Trinajstić information content (AvgIpc) is 2.00. The van der Waals surface area contributed by atoms with Crippen LogP contribution < -0.4 is 0 Å². The summed E-state index contributed by atoms with van der Waals surface area (Å²) in [6.07, 6.45) is -4.10. The van der Waals surface area contributed by atoms with Crippen LogP contribution in [0, 0.1) is 0 Å². The van der Waals surface area contributed by atoms with Crippen LogP contribution in [0.25, 0.3) is 0 Å². The number of aliphatic hydroxyl groups excluding tert-OH is 2. The van der Waals surface area contributed by atoms with Crippen LogP contribution in [-0.4, -0.2) is 65.7 Å². The van der Waals surface area contributed by atoms with Crippen LogP contribution in [-0.2, 0) is 12.3 Å². The van der Waals surface area contributed by atoms with Crippen molar-refractivity contribution < 1.29 is 27.6 Å². The SMILES string of the molecule is O=C(O)C(O)C(O)C(=O)[O][Tl]. The van der Waals surface area contributed by atoms with Gasteiger partial charge in [0, 0.05) is 0 Å². The summed E-state index contributed by atoms with van der Waals surface area (Å²) >= 11 is -0.136. The minimum atomic E-state index is -2.11. The molecule has 60 valence electrons. The second-order valence-corrected chi connectivity index (χ2v) is 2.58. The third-order valence-corrected chi connectivity index (χ3v) is 1.81. The molecule has 11 heavy (non-hydrogen) atoms. The number of aliphatic carboxylic acids is 1. The van der Waals surface area contributed by atoms with Crippen LogP contribution in [0.5, 0.6) is 0 Å². The van der Waals surface area contributed by atoms with Gasteiger partial charge in [0.2, 0.25) is 0 Å². The van der Waals surface area contributed by atoms with Crippen molar-refractivity contribution in [3.8, 4) is 0 Å². The predicted octanol–water partition coefficient (Wildman–Crippen LogP) is -2.58. The molecular formula is C4H5O6Tl. The number of carboxylic acids is 1. The van der Waals surface area contributed by atoms with Crippen molar-refractivity contribution in [1.82, 2.24) is 0 Å². The molecule has 0 heterocycles. The molecule has 0 aromatic rings. The Bertz CT molecular complexity index is 168. The first-order valence-electron chi connectivity index (χ1n) is 2.50. The van der Waals surface area contributed by atoms with E-state index in [1.54, 1.807) is 0 Å². The molecule has 2 unspecified atom stereocenters. The number of carbonyl (C=O) groups excluding carboxylic acids is 1. The van der Waals surface area contributed by atoms with Gasteiger partial charge in [-0.25, -0.2) is 0 Å². The Morgan fingerprint density at radius 2 is 1.73 bits per heavy atom. The molecule has 0 aromatic carbocycles. The van der Waals surface area contributed by atoms with Crippen LogP contribution in [0.1, 0.15) is 0 Å². The van der Waals surface area contributed by atoms with Crippen molar-refractivity contribution >= 4 is 38.2 Å². The van der Waals surface area contributed by atoms with E-state index in [1.165, 1.54) is 0 Å². The minimum absolute atomic E-state index is 0.136. The monoisotopic (exact) mass is 354 g/mol. The molecule has 0 amide bonds. The van der Waals surface area contributed by atoms with Gasteiger partial charge < -0.3 is 0 Å². The zero-order chi connectivity index (χ0) is 9.02. The Morgan fingerprint density at radius 3 is 2.00 bits per heavy atom. The van der Waals surface area contributed by atoms with Gasteiger partial charge in [0.15, 0.2) is 0 Å². The van der Waals surface area contributed by atoms with E-state index in [-0.39, 0.29) is 26.2 Å². The third-order valence-electron chi connectivity index (χ3n) is 0.910. The van der Waals surface area contributed by atoms with Crippen molar-refractivity contribution in [3.05, 3.63) is 0 Å². The molecule has 0 saturated carbocycles. The number of rotatable bonds is 3. The zero-order valence-corrected chi connectivity index (χ0v) is 9.79. The fourth-order valence-corrected chi connectivity index (χ4v) is 0.876. The molecule has 0 aromatic heterocycles. The quantitative estimate of drug-likeness (QED) is 0.482. The predicted molar refractivity (Wildman–Crippen MR) is 31.5 cm³/mol. The molecule has 7 heteroatoms. The molecule has 3 N–H and O–H groups in total. The van der Waals surface area contributed by atoms with Crippen molar-refractivity contribution in [2.24, 2.45) is 0 Å². The molecule has 0 saturated heterocycles. The van der Waals surface area contributed by atoms with Gasteiger partial charge in [0.25, 0.3) is 0 Å². The first-order chi connectivity index (χ1) is 5.00. The van der Waals surface area contributed by atoms with Gasteiger partial charge in [0.1, 0.15) is 0 Å². The summed E-state index contributed by atoms with van der Waals surface area (Å²) in [4.78, 5) is 20.4. The summed E-state index contributed by atoms with van der Waals surface area (Å²) in [6.45, 7) is 0. The number of carbonyl (C=O) groups is 2. The number of hydrogen-bond donors (Lipinski definition) is 3. The summed E-state index contributed by atoms with van der Waals surface area (Å²) in [6, 6.07) is 0. The molecule has 0 spiro atoms. The van der Waals surface area contributed by atoms with Crippen LogP contribution >= 0.6 is 0 Å². The summed E-state index contributed by atoms with van der Waals surface area (Å²) in [5.41, 5.74) is 0. The Balaban J connectivity index is 4.12. The van der Waals surface area contributed by atoms with Crippen LogP contribution in [0.2, 0.25) is 0 Å². The van der Waals surface area contributed by atoms with E-state index >= 15 is 0 Å². The molecule has 0 bridgehead atoms. The first kappa shape index (κ1) is 10.8. The second-order valence-electron chi connectivity index (χ2n) is 1.66.